The minimum Gasteiger partial charge on any atom is -0.383 e. The van der Waals surface area contributed by atoms with Crippen molar-refractivity contribution in [1.82, 2.24) is 14.9 Å². The standard InChI is InChI=1S/C22H32N4O3/c1-4-15(2)24-22(28)18-12-17(25-21(27)16-8-6-5-7-9-16)13-19-20(18)26(14-23-19)10-11-29-3/h12-16H,4-11H2,1-3H3,(H,24,28)(H,25,27)/t15-/m0/s1. The average molecular weight is 401 g/mol. The van der Waals surface area contributed by atoms with Gasteiger partial charge in [0.1, 0.15) is 0 Å². The highest BCUT2D eigenvalue weighted by atomic mass is 16.5. The first-order valence-corrected chi connectivity index (χ1v) is 10.6. The Kier molecular flexibility index (Phi) is 7.25. The predicted octanol–water partition coefficient (Wildman–Crippen LogP) is 3.73. The van der Waals surface area contributed by atoms with Gasteiger partial charge in [-0.05, 0) is 38.3 Å². The molecule has 0 aliphatic heterocycles. The number of imidazole rings is 1. The fraction of sp³-hybridized carbons (Fsp3) is 0.591. The second-order valence-corrected chi connectivity index (χ2v) is 7.93. The minimum absolute atomic E-state index is 0.0381. The Morgan fingerprint density at radius 2 is 2.03 bits per heavy atom. The third kappa shape index (κ3) is 5.15. The van der Waals surface area contributed by atoms with Gasteiger partial charge < -0.3 is 19.9 Å². The molecule has 0 saturated heterocycles. The van der Waals surface area contributed by atoms with E-state index in [-0.39, 0.29) is 23.8 Å². The van der Waals surface area contributed by atoms with E-state index >= 15 is 0 Å². The number of carbonyl (C=O) groups is 2. The van der Waals surface area contributed by atoms with Crippen LogP contribution >= 0.6 is 0 Å². The van der Waals surface area contributed by atoms with Crippen molar-refractivity contribution in [2.75, 3.05) is 19.0 Å². The number of nitrogens with zero attached hydrogens (tertiary/aromatic N) is 2. The van der Waals surface area contributed by atoms with Gasteiger partial charge in [0.25, 0.3) is 5.91 Å². The first kappa shape index (κ1) is 21.3. The Bertz CT molecular complexity index is 855. The van der Waals surface area contributed by atoms with Gasteiger partial charge in [-0.2, -0.15) is 0 Å². The highest BCUT2D eigenvalue weighted by Crippen LogP contribution is 2.27. The van der Waals surface area contributed by atoms with E-state index in [1.165, 1.54) is 6.42 Å². The minimum atomic E-state index is -0.155. The van der Waals surface area contributed by atoms with Crippen LogP contribution in [0, 0.1) is 5.92 Å². The van der Waals surface area contributed by atoms with E-state index in [0.717, 1.165) is 37.6 Å². The summed E-state index contributed by atoms with van der Waals surface area (Å²) < 4.78 is 7.11. The van der Waals surface area contributed by atoms with E-state index in [9.17, 15) is 9.59 Å². The van der Waals surface area contributed by atoms with Crippen molar-refractivity contribution in [3.8, 4) is 0 Å². The second kappa shape index (κ2) is 9.87. The molecule has 1 saturated carbocycles. The molecule has 2 aromatic rings. The van der Waals surface area contributed by atoms with Gasteiger partial charge in [0.05, 0.1) is 29.5 Å². The maximum atomic E-state index is 13.0. The van der Waals surface area contributed by atoms with E-state index in [0.29, 0.717) is 29.9 Å². The average Bonchev–Trinajstić information content (AvgIpc) is 3.14. The molecule has 1 fully saturated rings. The van der Waals surface area contributed by atoms with Crippen LogP contribution in [0.4, 0.5) is 5.69 Å². The van der Waals surface area contributed by atoms with Crippen LogP contribution in [0.3, 0.4) is 0 Å². The van der Waals surface area contributed by atoms with Gasteiger partial charge in [0.2, 0.25) is 5.91 Å². The lowest BCUT2D eigenvalue weighted by Crippen LogP contribution is -2.32. The molecule has 1 aromatic carbocycles. The zero-order valence-corrected chi connectivity index (χ0v) is 17.7. The third-order valence-corrected chi connectivity index (χ3v) is 5.73. The number of benzene rings is 1. The summed E-state index contributed by atoms with van der Waals surface area (Å²) in [7, 11) is 1.65. The van der Waals surface area contributed by atoms with E-state index in [2.05, 4.69) is 15.6 Å². The highest BCUT2D eigenvalue weighted by Gasteiger charge is 2.23. The Morgan fingerprint density at radius 3 is 2.72 bits per heavy atom. The molecule has 1 heterocycles. The zero-order valence-electron chi connectivity index (χ0n) is 17.7. The quantitative estimate of drug-likeness (QED) is 0.707. The third-order valence-electron chi connectivity index (χ3n) is 5.73. The van der Waals surface area contributed by atoms with E-state index in [1.54, 1.807) is 19.5 Å². The normalized spacial score (nSPS) is 16.0. The molecule has 2 N–H and O–H groups in total. The maximum absolute atomic E-state index is 13.0. The first-order valence-electron chi connectivity index (χ1n) is 10.6. The van der Waals surface area contributed by atoms with Crippen LogP contribution in [0.5, 0.6) is 0 Å². The topological polar surface area (TPSA) is 85.3 Å². The number of aromatic nitrogens is 2. The molecule has 29 heavy (non-hydrogen) atoms. The lowest BCUT2D eigenvalue weighted by molar-refractivity contribution is -0.120. The molecule has 0 bridgehead atoms. The van der Waals surface area contributed by atoms with Gasteiger partial charge in [0.15, 0.2) is 0 Å². The molecule has 1 aliphatic rings. The summed E-state index contributed by atoms with van der Waals surface area (Å²) in [4.78, 5) is 30.2. The van der Waals surface area contributed by atoms with Crippen LogP contribution in [-0.4, -0.2) is 41.1 Å². The summed E-state index contributed by atoms with van der Waals surface area (Å²) in [5.41, 5.74) is 2.60. The van der Waals surface area contributed by atoms with Gasteiger partial charge in [-0.1, -0.05) is 26.2 Å². The number of fused-ring (bicyclic) bond motifs is 1. The molecule has 1 aliphatic carbocycles. The fourth-order valence-electron chi connectivity index (χ4n) is 3.83. The largest absolute Gasteiger partial charge is 0.383 e. The van der Waals surface area contributed by atoms with E-state index in [1.807, 2.05) is 24.5 Å². The Hall–Kier alpha value is -2.41. The molecule has 0 radical (unpaired) electrons. The maximum Gasteiger partial charge on any atom is 0.253 e. The van der Waals surface area contributed by atoms with E-state index < -0.39 is 0 Å². The number of methoxy groups -OCH3 is 1. The van der Waals surface area contributed by atoms with Crippen molar-refractivity contribution in [1.29, 1.82) is 0 Å². The van der Waals surface area contributed by atoms with Crippen LogP contribution < -0.4 is 10.6 Å². The van der Waals surface area contributed by atoms with Crippen LogP contribution in [0.1, 0.15) is 62.7 Å². The summed E-state index contributed by atoms with van der Waals surface area (Å²) in [6, 6.07) is 3.68. The van der Waals surface area contributed by atoms with Crippen LogP contribution in [0.15, 0.2) is 18.5 Å². The smallest absolute Gasteiger partial charge is 0.253 e. The predicted molar refractivity (Wildman–Crippen MR) is 114 cm³/mol. The van der Waals surface area contributed by atoms with Gasteiger partial charge >= 0.3 is 0 Å². The van der Waals surface area contributed by atoms with Crippen molar-refractivity contribution in [3.05, 3.63) is 24.0 Å². The molecule has 158 valence electrons. The number of ether oxygens (including phenoxy) is 1. The highest BCUT2D eigenvalue weighted by molar-refractivity contribution is 6.07. The number of hydrogen-bond acceptors (Lipinski definition) is 4. The molecular formula is C22H32N4O3. The van der Waals surface area contributed by atoms with Crippen LogP contribution in [0.25, 0.3) is 11.0 Å². The second-order valence-electron chi connectivity index (χ2n) is 7.93. The van der Waals surface area contributed by atoms with Crippen molar-refractivity contribution in [3.63, 3.8) is 0 Å². The lowest BCUT2D eigenvalue weighted by Gasteiger charge is -2.21. The van der Waals surface area contributed by atoms with E-state index in [4.69, 9.17) is 4.74 Å². The molecule has 0 spiro atoms. The molecule has 7 nitrogen and oxygen atoms in total. The number of rotatable bonds is 8. The molecule has 3 rings (SSSR count). The molecule has 0 unspecified atom stereocenters. The number of carbonyl (C=O) groups excluding carboxylic acids is 2. The van der Waals surface area contributed by atoms with Crippen molar-refractivity contribution < 1.29 is 14.3 Å². The molecule has 1 atom stereocenters. The summed E-state index contributed by atoms with van der Waals surface area (Å²) in [5.74, 6) is -0.0653. The Morgan fingerprint density at radius 1 is 1.28 bits per heavy atom. The fourth-order valence-corrected chi connectivity index (χ4v) is 3.83. The number of nitrogens with one attached hydrogen (secondary N) is 2. The van der Waals surface area contributed by atoms with Crippen LogP contribution in [-0.2, 0) is 16.1 Å². The molecule has 2 amide bonds. The molecule has 7 heteroatoms. The summed E-state index contributed by atoms with van der Waals surface area (Å²) >= 11 is 0. The molecular weight excluding hydrogens is 368 g/mol. The monoisotopic (exact) mass is 400 g/mol. The van der Waals surface area contributed by atoms with Gasteiger partial charge in [-0.3, -0.25) is 9.59 Å². The molecule has 1 aromatic heterocycles. The van der Waals surface area contributed by atoms with Crippen molar-refractivity contribution >= 4 is 28.5 Å². The van der Waals surface area contributed by atoms with Crippen LogP contribution in [0.2, 0.25) is 0 Å². The lowest BCUT2D eigenvalue weighted by atomic mass is 9.88. The summed E-state index contributed by atoms with van der Waals surface area (Å²) in [6.07, 6.45) is 7.83. The summed E-state index contributed by atoms with van der Waals surface area (Å²) in [5, 5.41) is 6.06. The zero-order chi connectivity index (χ0) is 20.8. The number of amides is 2. The van der Waals surface area contributed by atoms with Crippen molar-refractivity contribution in [2.45, 2.75) is 65.0 Å². The Balaban J connectivity index is 1.92. The number of anilines is 1. The SMILES string of the molecule is CC[C@H](C)NC(=O)c1cc(NC(=O)C2CCCCC2)cc2ncn(CCOC)c12. The van der Waals surface area contributed by atoms with Crippen molar-refractivity contribution in [2.24, 2.45) is 5.92 Å². The Labute approximate surface area is 172 Å². The van der Waals surface area contributed by atoms with Gasteiger partial charge in [0, 0.05) is 31.3 Å². The number of hydrogen-bond donors (Lipinski definition) is 2. The van der Waals surface area contributed by atoms with Gasteiger partial charge in [-0.25, -0.2) is 4.98 Å². The first-order chi connectivity index (χ1) is 14.0. The van der Waals surface area contributed by atoms with Gasteiger partial charge in [-0.15, -0.1) is 0 Å². The summed E-state index contributed by atoms with van der Waals surface area (Å²) in [6.45, 7) is 5.14.